The first kappa shape index (κ1) is 13.4. The van der Waals surface area contributed by atoms with Crippen molar-refractivity contribution in [2.45, 2.75) is 0 Å². The predicted molar refractivity (Wildman–Crippen MR) is 58.4 cm³/mol. The van der Waals surface area contributed by atoms with Gasteiger partial charge in [-0.25, -0.2) is 0 Å². The first-order chi connectivity index (χ1) is 7.45. The van der Waals surface area contributed by atoms with Crippen LogP contribution in [0.5, 0.6) is 5.75 Å². The van der Waals surface area contributed by atoms with Gasteiger partial charge in [0.05, 0.1) is 0 Å². The third kappa shape index (κ3) is 3.74. The van der Waals surface area contributed by atoms with Crippen molar-refractivity contribution in [1.82, 2.24) is 0 Å². The molecule has 0 saturated carbocycles. The summed E-state index contributed by atoms with van der Waals surface area (Å²) < 4.78 is 41.5. The van der Waals surface area contributed by atoms with Gasteiger partial charge >= 0.3 is 98.3 Å². The van der Waals surface area contributed by atoms with E-state index in [-0.39, 0.29) is 34.8 Å². The van der Waals surface area contributed by atoms with Crippen molar-refractivity contribution in [1.29, 1.82) is 0 Å². The number of phenols is 1. The number of nitrogens with one attached hydrogen (secondary N) is 1. The van der Waals surface area contributed by atoms with Crippen LogP contribution in [0.4, 0.5) is 5.69 Å². The Bertz CT molecular complexity index is 408. The number of benzene rings is 1. The second-order valence-electron chi connectivity index (χ2n) is 2.76. The monoisotopic (exact) mass is 311 g/mol. The fourth-order valence-corrected chi connectivity index (χ4v) is 2.28. The van der Waals surface area contributed by atoms with Gasteiger partial charge in [-0.15, -0.1) is 0 Å². The van der Waals surface area contributed by atoms with Gasteiger partial charge < -0.3 is 0 Å². The molecule has 0 bridgehead atoms. The maximum atomic E-state index is 11.0. The molecular formula is C7H10AsNO6S. The molecule has 1 rings (SSSR count). The van der Waals surface area contributed by atoms with Gasteiger partial charge in [-0.3, -0.25) is 0 Å². The van der Waals surface area contributed by atoms with Gasteiger partial charge in [0.2, 0.25) is 0 Å². The summed E-state index contributed by atoms with van der Waals surface area (Å²) in [6.07, 6.45) is 0. The van der Waals surface area contributed by atoms with Crippen LogP contribution in [0.25, 0.3) is 0 Å². The van der Waals surface area contributed by atoms with Gasteiger partial charge in [0.1, 0.15) is 0 Å². The van der Waals surface area contributed by atoms with Crippen LogP contribution in [0.2, 0.25) is 0 Å². The molecule has 7 nitrogen and oxygen atoms in total. The van der Waals surface area contributed by atoms with E-state index in [1.165, 1.54) is 6.07 Å². The summed E-state index contributed by atoms with van der Waals surface area (Å²) >= 11 is -4.82. The molecule has 0 saturated heterocycles. The van der Waals surface area contributed by atoms with Crippen molar-refractivity contribution in [3.63, 3.8) is 0 Å². The molecule has 5 N–H and O–H groups in total. The Morgan fingerprint density at radius 1 is 1.44 bits per heavy atom. The van der Waals surface area contributed by atoms with Gasteiger partial charge in [-0.2, -0.15) is 0 Å². The molecular weight excluding hydrogens is 301 g/mol. The summed E-state index contributed by atoms with van der Waals surface area (Å²) in [6, 6.07) is 3.47. The zero-order valence-electron chi connectivity index (χ0n) is 7.90. The Morgan fingerprint density at radius 3 is 2.69 bits per heavy atom. The summed E-state index contributed by atoms with van der Waals surface area (Å²) in [4.78, 5) is 0. The van der Waals surface area contributed by atoms with E-state index in [4.69, 9.17) is 12.7 Å². The topological polar surface area (TPSA) is 119 Å². The van der Waals surface area contributed by atoms with E-state index in [9.17, 15) is 8.85 Å². The molecule has 0 aliphatic carbocycles. The minimum atomic E-state index is -4.97. The Balaban J connectivity index is 2.87. The Hall–Kier alpha value is -0.632. The molecule has 90 valence electrons. The summed E-state index contributed by atoms with van der Waals surface area (Å²) in [5.74, 6) is -0.167. The number of rotatable bonds is 5. The summed E-state index contributed by atoms with van der Waals surface area (Å²) in [5, 5.41) is 11.9. The SMILES string of the molecule is O=[As](O)(O)c1ccc(O)c(NCOSO)c1. The van der Waals surface area contributed by atoms with Crippen molar-refractivity contribution in [3.8, 4) is 5.75 Å². The zero-order chi connectivity index (χ0) is 12.2. The average molecular weight is 311 g/mol. The van der Waals surface area contributed by atoms with Crippen molar-refractivity contribution < 1.29 is 25.8 Å². The van der Waals surface area contributed by atoms with Crippen LogP contribution in [-0.4, -0.2) is 38.8 Å². The number of phenolic OH excluding ortho intramolecular Hbond substituents is 1. The molecule has 0 aliphatic heterocycles. The third-order valence-electron chi connectivity index (χ3n) is 1.69. The summed E-state index contributed by atoms with van der Waals surface area (Å²) in [5.41, 5.74) is 0.122. The van der Waals surface area contributed by atoms with Crippen LogP contribution < -0.4 is 9.67 Å². The first-order valence-corrected chi connectivity index (χ1v) is 8.09. The summed E-state index contributed by atoms with van der Waals surface area (Å²) in [6.45, 7) is -0.119. The number of hydrogen-bond donors (Lipinski definition) is 5. The van der Waals surface area contributed by atoms with Crippen molar-refractivity contribution in [3.05, 3.63) is 18.2 Å². The van der Waals surface area contributed by atoms with Crippen molar-refractivity contribution >= 4 is 36.5 Å². The molecule has 9 heteroatoms. The van der Waals surface area contributed by atoms with Crippen LogP contribution in [-0.2, 0) is 7.92 Å². The molecule has 0 aromatic heterocycles. The minimum absolute atomic E-state index is 0.119. The van der Waals surface area contributed by atoms with E-state index < -0.39 is 14.2 Å². The molecule has 0 heterocycles. The molecule has 1 aromatic rings. The van der Waals surface area contributed by atoms with Crippen LogP contribution in [0.3, 0.4) is 0 Å². The Labute approximate surface area is 98.5 Å². The number of anilines is 1. The van der Waals surface area contributed by atoms with Crippen LogP contribution in [0.15, 0.2) is 18.2 Å². The van der Waals surface area contributed by atoms with E-state index in [1.54, 1.807) is 0 Å². The van der Waals surface area contributed by atoms with Crippen molar-refractivity contribution in [2.24, 2.45) is 0 Å². The zero-order valence-corrected chi connectivity index (χ0v) is 10.6. The van der Waals surface area contributed by atoms with Crippen LogP contribution in [0.1, 0.15) is 0 Å². The molecule has 0 spiro atoms. The van der Waals surface area contributed by atoms with Gasteiger partial charge in [0, 0.05) is 0 Å². The van der Waals surface area contributed by atoms with Crippen LogP contribution >= 0.6 is 12.3 Å². The Kier molecular flexibility index (Phi) is 4.72. The van der Waals surface area contributed by atoms with E-state index in [0.29, 0.717) is 0 Å². The average Bonchev–Trinajstić information content (AvgIpc) is 2.19. The van der Waals surface area contributed by atoms with Gasteiger partial charge in [0.25, 0.3) is 0 Å². The molecule has 0 atom stereocenters. The second-order valence-corrected chi connectivity index (χ2v) is 6.51. The van der Waals surface area contributed by atoms with E-state index >= 15 is 0 Å². The molecule has 0 aliphatic rings. The van der Waals surface area contributed by atoms with Crippen molar-refractivity contribution in [2.75, 3.05) is 12.0 Å². The molecule has 1 aromatic carbocycles. The predicted octanol–water partition coefficient (Wildman–Crippen LogP) is -0.540. The molecule has 0 radical (unpaired) electrons. The van der Waals surface area contributed by atoms with E-state index in [1.807, 2.05) is 0 Å². The molecule has 0 unspecified atom stereocenters. The number of aromatic hydroxyl groups is 1. The van der Waals surface area contributed by atoms with E-state index in [2.05, 4.69) is 9.50 Å². The second kappa shape index (κ2) is 5.62. The van der Waals surface area contributed by atoms with Gasteiger partial charge in [0.15, 0.2) is 0 Å². The maximum absolute atomic E-state index is 11.0. The first-order valence-electron chi connectivity index (χ1n) is 4.01. The fraction of sp³-hybridized carbons (Fsp3) is 0.143. The van der Waals surface area contributed by atoms with Crippen LogP contribution in [0, 0.1) is 0 Å². The molecule has 0 amide bonds. The fourth-order valence-electron chi connectivity index (χ4n) is 0.980. The molecule has 0 fully saturated rings. The van der Waals surface area contributed by atoms with Gasteiger partial charge in [-0.1, -0.05) is 0 Å². The van der Waals surface area contributed by atoms with E-state index in [0.717, 1.165) is 12.1 Å². The Morgan fingerprint density at radius 2 is 2.12 bits per heavy atom. The molecule has 16 heavy (non-hydrogen) atoms. The normalized spacial score (nSPS) is 11.4. The standard InChI is InChI=1S/C7H10AsNO6S/c10-7-2-1-5(8(11,12)13)3-6(7)9-4-15-16-14/h1-3,9-10,14H,4H2,(H2,11,12,13). The quantitative estimate of drug-likeness (QED) is 0.162. The third-order valence-corrected chi connectivity index (χ3v) is 3.91. The summed E-state index contributed by atoms with van der Waals surface area (Å²) in [7, 11) is 0. The van der Waals surface area contributed by atoms with Gasteiger partial charge in [-0.05, 0) is 0 Å². The number of hydrogen-bond acceptors (Lipinski definition) is 6.